The third kappa shape index (κ3) is 5.42. The van der Waals surface area contributed by atoms with Crippen LogP contribution in [0.4, 0.5) is 0 Å². The molecule has 0 amide bonds. The highest BCUT2D eigenvalue weighted by Crippen LogP contribution is 2.35. The number of esters is 1. The van der Waals surface area contributed by atoms with Crippen molar-refractivity contribution in [1.29, 1.82) is 0 Å². The summed E-state index contributed by atoms with van der Waals surface area (Å²) in [5, 5.41) is 22.9. The van der Waals surface area contributed by atoms with Gasteiger partial charge in [-0.25, -0.2) is 0 Å². The molecule has 7 nitrogen and oxygen atoms in total. The van der Waals surface area contributed by atoms with E-state index in [1.807, 2.05) is 0 Å². The topological polar surface area (TPSA) is 116 Å². The Bertz CT molecular complexity index is 653. The Morgan fingerprint density at radius 2 is 1.81 bits per heavy atom. The van der Waals surface area contributed by atoms with Gasteiger partial charge in [-0.15, -0.1) is 0 Å². The van der Waals surface area contributed by atoms with Crippen LogP contribution in [-0.4, -0.2) is 31.1 Å². The quantitative estimate of drug-likeness (QED) is 0.312. The van der Waals surface area contributed by atoms with Crippen LogP contribution in [0.25, 0.3) is 0 Å². The zero-order valence-electron chi connectivity index (χ0n) is 14.9. The van der Waals surface area contributed by atoms with Crippen molar-refractivity contribution in [3.05, 3.63) is 48.0 Å². The molecule has 1 aromatic carbocycles. The van der Waals surface area contributed by atoms with Crippen LogP contribution in [0.5, 0.6) is 0 Å². The maximum Gasteiger partial charge on any atom is 0.307 e. The van der Waals surface area contributed by atoms with E-state index in [2.05, 4.69) is 6.58 Å². The second-order valence-corrected chi connectivity index (χ2v) is 5.80. The van der Waals surface area contributed by atoms with Gasteiger partial charge in [-0.05, 0) is 31.4 Å². The van der Waals surface area contributed by atoms with Crippen LogP contribution in [0, 0.1) is 5.41 Å². The summed E-state index contributed by atoms with van der Waals surface area (Å²) in [5.41, 5.74) is -2.20. The van der Waals surface area contributed by atoms with Gasteiger partial charge in [0.15, 0.2) is 0 Å². The van der Waals surface area contributed by atoms with Gasteiger partial charge in [0.05, 0.1) is 18.4 Å². The molecule has 0 aliphatic carbocycles. The summed E-state index contributed by atoms with van der Waals surface area (Å²) in [5.74, 6) is -4.39. The zero-order valence-corrected chi connectivity index (χ0v) is 14.9. The van der Waals surface area contributed by atoms with E-state index in [0.29, 0.717) is 12.2 Å². The first-order valence-electron chi connectivity index (χ1n) is 8.19. The number of carboxylic acids is 2. The number of carbonyl (C=O) groups excluding carboxylic acids is 3. The molecule has 2 atom stereocenters. The molecule has 0 aromatic heterocycles. The Labute approximate surface area is 152 Å². The summed E-state index contributed by atoms with van der Waals surface area (Å²) in [6.07, 6.45) is -1.68. The van der Waals surface area contributed by atoms with Gasteiger partial charge in [0.2, 0.25) is 0 Å². The Kier molecular flexibility index (Phi) is 7.99. The molecular formula is C19H22O7-2. The minimum Gasteiger partial charge on any atom is -0.549 e. The van der Waals surface area contributed by atoms with E-state index in [-0.39, 0.29) is 13.0 Å². The third-order valence-electron chi connectivity index (χ3n) is 4.12. The summed E-state index contributed by atoms with van der Waals surface area (Å²) >= 11 is 0. The lowest BCUT2D eigenvalue weighted by atomic mass is 9.75. The highest BCUT2D eigenvalue weighted by Gasteiger charge is 2.39. The number of carboxylic acid groups (broad SMARTS) is 2. The Hall–Kier alpha value is -2.67. The van der Waals surface area contributed by atoms with Gasteiger partial charge in [-0.1, -0.05) is 36.9 Å². The fourth-order valence-electron chi connectivity index (χ4n) is 2.51. The van der Waals surface area contributed by atoms with Gasteiger partial charge in [0.25, 0.3) is 0 Å². The summed E-state index contributed by atoms with van der Waals surface area (Å²) in [6, 6.07) is 8.84. The average molecular weight is 362 g/mol. The van der Waals surface area contributed by atoms with Crippen molar-refractivity contribution in [3.63, 3.8) is 0 Å². The lowest BCUT2D eigenvalue weighted by Gasteiger charge is -2.36. The summed E-state index contributed by atoms with van der Waals surface area (Å²) in [4.78, 5) is 35.2. The number of hydrogen-bond acceptors (Lipinski definition) is 7. The molecule has 0 N–H and O–H groups in total. The number of rotatable bonds is 11. The predicted molar refractivity (Wildman–Crippen MR) is 88.3 cm³/mol. The van der Waals surface area contributed by atoms with Crippen molar-refractivity contribution in [2.45, 2.75) is 32.8 Å². The summed E-state index contributed by atoms with van der Waals surface area (Å²) in [7, 11) is 0. The first-order valence-corrected chi connectivity index (χ1v) is 8.19. The van der Waals surface area contributed by atoms with E-state index in [1.54, 1.807) is 44.2 Å². The molecule has 0 saturated carbocycles. The second-order valence-electron chi connectivity index (χ2n) is 5.80. The van der Waals surface area contributed by atoms with Crippen LogP contribution < -0.4 is 10.2 Å². The van der Waals surface area contributed by atoms with Gasteiger partial charge in [0.1, 0.15) is 6.10 Å². The fourth-order valence-corrected chi connectivity index (χ4v) is 2.51. The van der Waals surface area contributed by atoms with Gasteiger partial charge in [-0.2, -0.15) is 0 Å². The van der Waals surface area contributed by atoms with Crippen molar-refractivity contribution in [3.8, 4) is 0 Å². The van der Waals surface area contributed by atoms with E-state index in [1.165, 1.54) is 0 Å². The monoisotopic (exact) mass is 362 g/mol. The zero-order chi connectivity index (χ0) is 19.7. The van der Waals surface area contributed by atoms with Crippen LogP contribution in [0.2, 0.25) is 0 Å². The molecular weight excluding hydrogens is 340 g/mol. The van der Waals surface area contributed by atoms with Crippen LogP contribution in [0.1, 0.15) is 38.4 Å². The molecule has 7 heteroatoms. The smallest absolute Gasteiger partial charge is 0.307 e. The molecule has 26 heavy (non-hydrogen) atoms. The highest BCUT2D eigenvalue weighted by atomic mass is 16.5. The maximum atomic E-state index is 12.3. The molecule has 1 aromatic rings. The Morgan fingerprint density at radius 1 is 1.19 bits per heavy atom. The molecule has 0 saturated heterocycles. The molecule has 0 aliphatic heterocycles. The van der Waals surface area contributed by atoms with Gasteiger partial charge in [0, 0.05) is 18.6 Å². The minimum absolute atomic E-state index is 0.0850. The highest BCUT2D eigenvalue weighted by molar-refractivity contribution is 5.96. The predicted octanol–water partition coefficient (Wildman–Crippen LogP) is 0.150. The first kappa shape index (κ1) is 21.4. The molecule has 142 valence electrons. The third-order valence-corrected chi connectivity index (χ3v) is 4.12. The van der Waals surface area contributed by atoms with Gasteiger partial charge >= 0.3 is 5.97 Å². The SMILES string of the molecule is C=C(C(=O)[O-])C(CCOCC)(CC(=O)OC(C)c1ccccc1)C(=O)[O-]. The molecule has 0 heterocycles. The number of ether oxygens (including phenoxy) is 2. The molecule has 0 spiro atoms. The lowest BCUT2D eigenvalue weighted by Crippen LogP contribution is -2.49. The Balaban J connectivity index is 2.99. The fraction of sp³-hybridized carbons (Fsp3) is 0.421. The number of hydrogen-bond donors (Lipinski definition) is 0. The van der Waals surface area contributed by atoms with Crippen molar-refractivity contribution in [2.24, 2.45) is 5.41 Å². The normalized spacial score (nSPS) is 14.1. The second kappa shape index (κ2) is 9.72. The largest absolute Gasteiger partial charge is 0.549 e. The number of aliphatic carboxylic acids is 2. The maximum absolute atomic E-state index is 12.3. The summed E-state index contributed by atoms with van der Waals surface area (Å²) < 4.78 is 10.4. The van der Waals surface area contributed by atoms with Crippen LogP contribution in [0.3, 0.4) is 0 Å². The Morgan fingerprint density at radius 3 is 2.31 bits per heavy atom. The summed E-state index contributed by atoms with van der Waals surface area (Å²) in [6.45, 7) is 6.81. The van der Waals surface area contributed by atoms with Crippen LogP contribution >= 0.6 is 0 Å². The van der Waals surface area contributed by atoms with Gasteiger partial charge < -0.3 is 29.3 Å². The van der Waals surface area contributed by atoms with E-state index in [0.717, 1.165) is 0 Å². The molecule has 0 fully saturated rings. The number of carbonyl (C=O) groups is 3. The molecule has 0 aliphatic rings. The molecule has 0 radical (unpaired) electrons. The van der Waals surface area contributed by atoms with Crippen molar-refractivity contribution >= 4 is 17.9 Å². The van der Waals surface area contributed by atoms with Crippen LogP contribution in [0.15, 0.2) is 42.5 Å². The van der Waals surface area contributed by atoms with E-state index >= 15 is 0 Å². The van der Waals surface area contributed by atoms with E-state index in [9.17, 15) is 24.6 Å². The molecule has 2 unspecified atom stereocenters. The number of benzene rings is 1. The minimum atomic E-state index is -2.17. The molecule has 1 rings (SSSR count). The van der Waals surface area contributed by atoms with Crippen molar-refractivity contribution in [1.82, 2.24) is 0 Å². The standard InChI is InChI=1S/C19H24O7/c1-4-25-11-10-19(18(23)24,13(2)17(21)22)12-16(20)26-14(3)15-8-6-5-7-9-15/h5-9,14H,2,4,10-12H2,1,3H3,(H,21,22)(H,23,24)/p-2. The van der Waals surface area contributed by atoms with Gasteiger partial charge in [-0.3, -0.25) is 4.79 Å². The van der Waals surface area contributed by atoms with Crippen molar-refractivity contribution in [2.75, 3.05) is 13.2 Å². The first-order chi connectivity index (χ1) is 12.2. The van der Waals surface area contributed by atoms with E-state index < -0.39 is 41.4 Å². The van der Waals surface area contributed by atoms with Crippen LogP contribution in [-0.2, 0) is 23.9 Å². The van der Waals surface area contributed by atoms with E-state index in [4.69, 9.17) is 9.47 Å². The molecule has 0 bridgehead atoms. The lowest BCUT2D eigenvalue weighted by molar-refractivity contribution is -0.322. The van der Waals surface area contributed by atoms with Crippen molar-refractivity contribution < 1.29 is 34.1 Å². The average Bonchev–Trinajstić information content (AvgIpc) is 2.60.